The second kappa shape index (κ2) is 6.45. The molecule has 0 aliphatic rings. The maximum absolute atomic E-state index is 11.2. The Hall–Kier alpha value is -2.59. The van der Waals surface area contributed by atoms with Crippen molar-refractivity contribution >= 4 is 16.9 Å². The van der Waals surface area contributed by atoms with Crippen molar-refractivity contribution < 1.29 is 9.90 Å². The molecule has 1 heterocycles. The van der Waals surface area contributed by atoms with Gasteiger partial charge >= 0.3 is 5.97 Å². The molecule has 4 nitrogen and oxygen atoms in total. The number of hydrogen-bond acceptors (Lipinski definition) is 2. The van der Waals surface area contributed by atoms with E-state index >= 15 is 0 Å². The number of nitrogens with one attached hydrogen (secondary N) is 2. The highest BCUT2D eigenvalue weighted by atomic mass is 16.4. The molecule has 1 aromatic heterocycles. The van der Waals surface area contributed by atoms with Crippen molar-refractivity contribution in [3.8, 4) is 0 Å². The largest absolute Gasteiger partial charge is 0.478 e. The van der Waals surface area contributed by atoms with E-state index in [4.69, 9.17) is 5.11 Å². The summed E-state index contributed by atoms with van der Waals surface area (Å²) in [6, 6.07) is 15.3. The molecular weight excluding hydrogens is 276 g/mol. The molecule has 0 aliphatic carbocycles. The summed E-state index contributed by atoms with van der Waals surface area (Å²) in [6.45, 7) is 1.36. The Kier molecular flexibility index (Phi) is 4.21. The predicted molar refractivity (Wildman–Crippen MR) is 87.1 cm³/mol. The molecule has 0 bridgehead atoms. The zero-order valence-electron chi connectivity index (χ0n) is 12.2. The number of fused-ring (bicyclic) bond motifs is 1. The third-order valence-corrected chi connectivity index (χ3v) is 3.81. The van der Waals surface area contributed by atoms with Crippen LogP contribution in [0.3, 0.4) is 0 Å². The Morgan fingerprint density at radius 2 is 1.82 bits per heavy atom. The van der Waals surface area contributed by atoms with Crippen molar-refractivity contribution in [2.24, 2.45) is 0 Å². The highest BCUT2D eigenvalue weighted by Crippen LogP contribution is 2.17. The standard InChI is InChI=1S/C18H18N2O2/c21-18(22)16-7-2-1-5-13(16)11-19-10-9-14-12-20-17-8-4-3-6-15(14)17/h1-8,12,19-20H,9-11H2,(H,21,22). The van der Waals surface area contributed by atoms with Gasteiger partial charge in [0.2, 0.25) is 0 Å². The molecule has 0 atom stereocenters. The molecule has 4 heteroatoms. The van der Waals surface area contributed by atoms with Gasteiger partial charge in [0.15, 0.2) is 0 Å². The Morgan fingerprint density at radius 3 is 2.68 bits per heavy atom. The molecule has 0 saturated carbocycles. The van der Waals surface area contributed by atoms with Crippen LogP contribution in [0.5, 0.6) is 0 Å². The number of rotatable bonds is 6. The number of aromatic amines is 1. The maximum atomic E-state index is 11.2. The van der Waals surface area contributed by atoms with Crippen LogP contribution < -0.4 is 5.32 Å². The Bertz CT molecular complexity index is 792. The number of aromatic nitrogens is 1. The minimum Gasteiger partial charge on any atom is -0.478 e. The second-order valence-corrected chi connectivity index (χ2v) is 5.25. The molecular formula is C18H18N2O2. The molecule has 0 aliphatic heterocycles. The summed E-state index contributed by atoms with van der Waals surface area (Å²) in [7, 11) is 0. The second-order valence-electron chi connectivity index (χ2n) is 5.25. The van der Waals surface area contributed by atoms with Gasteiger partial charge in [0.1, 0.15) is 0 Å². The highest BCUT2D eigenvalue weighted by molar-refractivity contribution is 5.89. The van der Waals surface area contributed by atoms with Gasteiger partial charge in [-0.3, -0.25) is 0 Å². The van der Waals surface area contributed by atoms with E-state index in [1.54, 1.807) is 12.1 Å². The van der Waals surface area contributed by atoms with Crippen molar-refractivity contribution in [2.45, 2.75) is 13.0 Å². The van der Waals surface area contributed by atoms with Crippen LogP contribution >= 0.6 is 0 Å². The van der Waals surface area contributed by atoms with E-state index in [2.05, 4.69) is 22.4 Å². The summed E-state index contributed by atoms with van der Waals surface area (Å²) in [5, 5.41) is 13.7. The quantitative estimate of drug-likeness (QED) is 0.612. The Morgan fingerprint density at radius 1 is 1.05 bits per heavy atom. The third kappa shape index (κ3) is 3.02. The number of aromatic carboxylic acids is 1. The topological polar surface area (TPSA) is 65.1 Å². The monoisotopic (exact) mass is 294 g/mol. The van der Waals surface area contributed by atoms with Crippen LogP contribution in [-0.4, -0.2) is 22.6 Å². The lowest BCUT2D eigenvalue weighted by Crippen LogP contribution is -2.18. The molecule has 3 N–H and O–H groups in total. The minimum absolute atomic E-state index is 0.363. The Labute approximate surface area is 128 Å². The van der Waals surface area contributed by atoms with Gasteiger partial charge in [0.25, 0.3) is 0 Å². The number of benzene rings is 2. The summed E-state index contributed by atoms with van der Waals surface area (Å²) in [5.41, 5.74) is 3.60. The van der Waals surface area contributed by atoms with E-state index in [0.717, 1.165) is 24.0 Å². The van der Waals surface area contributed by atoms with E-state index < -0.39 is 5.97 Å². The minimum atomic E-state index is -0.881. The van der Waals surface area contributed by atoms with Gasteiger partial charge in [0.05, 0.1) is 5.56 Å². The first-order chi connectivity index (χ1) is 10.8. The number of H-pyrrole nitrogens is 1. The number of carboxylic acid groups (broad SMARTS) is 1. The Balaban J connectivity index is 1.59. The maximum Gasteiger partial charge on any atom is 0.336 e. The average molecular weight is 294 g/mol. The number of para-hydroxylation sites is 1. The summed E-state index contributed by atoms with van der Waals surface area (Å²) in [4.78, 5) is 14.4. The van der Waals surface area contributed by atoms with E-state index in [1.807, 2.05) is 30.5 Å². The third-order valence-electron chi connectivity index (χ3n) is 3.81. The van der Waals surface area contributed by atoms with Gasteiger partial charge in [-0.25, -0.2) is 4.79 Å². The van der Waals surface area contributed by atoms with Gasteiger partial charge in [-0.2, -0.15) is 0 Å². The number of carboxylic acids is 1. The van der Waals surface area contributed by atoms with E-state index in [0.29, 0.717) is 12.1 Å². The lowest BCUT2D eigenvalue weighted by Gasteiger charge is -2.07. The first-order valence-corrected chi connectivity index (χ1v) is 7.32. The van der Waals surface area contributed by atoms with Crippen LogP contribution in [0.15, 0.2) is 54.7 Å². The van der Waals surface area contributed by atoms with Gasteiger partial charge in [-0.05, 0) is 36.2 Å². The summed E-state index contributed by atoms with van der Waals surface area (Å²) < 4.78 is 0. The fraction of sp³-hybridized carbons (Fsp3) is 0.167. The fourth-order valence-corrected chi connectivity index (χ4v) is 2.67. The zero-order chi connectivity index (χ0) is 15.4. The van der Waals surface area contributed by atoms with Crippen molar-refractivity contribution in [1.82, 2.24) is 10.3 Å². The molecule has 22 heavy (non-hydrogen) atoms. The lowest BCUT2D eigenvalue weighted by atomic mass is 10.1. The summed E-state index contributed by atoms with van der Waals surface area (Å²) >= 11 is 0. The summed E-state index contributed by atoms with van der Waals surface area (Å²) in [6.07, 6.45) is 2.94. The van der Waals surface area contributed by atoms with Crippen molar-refractivity contribution in [3.05, 3.63) is 71.4 Å². The smallest absolute Gasteiger partial charge is 0.336 e. The van der Waals surface area contributed by atoms with E-state index in [9.17, 15) is 4.79 Å². The molecule has 0 radical (unpaired) electrons. The van der Waals surface area contributed by atoms with Crippen molar-refractivity contribution in [2.75, 3.05) is 6.54 Å². The molecule has 0 saturated heterocycles. The van der Waals surface area contributed by atoms with Gasteiger partial charge < -0.3 is 15.4 Å². The van der Waals surface area contributed by atoms with E-state index in [-0.39, 0.29) is 0 Å². The van der Waals surface area contributed by atoms with Gasteiger partial charge in [0, 0.05) is 23.6 Å². The zero-order valence-corrected chi connectivity index (χ0v) is 12.2. The summed E-state index contributed by atoms with van der Waals surface area (Å²) in [5.74, 6) is -0.881. The van der Waals surface area contributed by atoms with Crippen molar-refractivity contribution in [3.63, 3.8) is 0 Å². The molecule has 0 fully saturated rings. The average Bonchev–Trinajstić information content (AvgIpc) is 2.95. The first kappa shape index (κ1) is 14.4. The molecule has 2 aromatic carbocycles. The van der Waals surface area contributed by atoms with Crippen LogP contribution in [0.2, 0.25) is 0 Å². The SMILES string of the molecule is O=C(O)c1ccccc1CNCCc1c[nH]c2ccccc12. The van der Waals surface area contributed by atoms with Crippen LogP contribution in [-0.2, 0) is 13.0 Å². The van der Waals surface area contributed by atoms with Gasteiger partial charge in [-0.1, -0.05) is 36.4 Å². The van der Waals surface area contributed by atoms with Crippen LogP contribution in [0, 0.1) is 0 Å². The normalized spacial score (nSPS) is 10.9. The number of carbonyl (C=O) groups is 1. The van der Waals surface area contributed by atoms with Gasteiger partial charge in [-0.15, -0.1) is 0 Å². The molecule has 3 rings (SSSR count). The molecule has 0 amide bonds. The number of hydrogen-bond donors (Lipinski definition) is 3. The van der Waals surface area contributed by atoms with Crippen LogP contribution in [0.4, 0.5) is 0 Å². The predicted octanol–water partition coefficient (Wildman–Crippen LogP) is 3.20. The molecule has 0 unspecified atom stereocenters. The lowest BCUT2D eigenvalue weighted by molar-refractivity contribution is 0.0695. The molecule has 112 valence electrons. The van der Waals surface area contributed by atoms with E-state index in [1.165, 1.54) is 10.9 Å². The fourth-order valence-electron chi connectivity index (χ4n) is 2.67. The molecule has 0 spiro atoms. The highest BCUT2D eigenvalue weighted by Gasteiger charge is 2.08. The van der Waals surface area contributed by atoms with Crippen molar-refractivity contribution in [1.29, 1.82) is 0 Å². The van der Waals surface area contributed by atoms with Crippen LogP contribution in [0.1, 0.15) is 21.5 Å². The molecule has 3 aromatic rings. The first-order valence-electron chi connectivity index (χ1n) is 7.32. The van der Waals surface area contributed by atoms with Crippen LogP contribution in [0.25, 0.3) is 10.9 Å².